The number of carbonyl (C=O) groups is 2. The summed E-state index contributed by atoms with van der Waals surface area (Å²) in [6, 6.07) is 13.5. The van der Waals surface area contributed by atoms with Crippen molar-refractivity contribution < 1.29 is 23.8 Å². The lowest BCUT2D eigenvalue weighted by Crippen LogP contribution is -2.74. The van der Waals surface area contributed by atoms with Crippen LogP contribution in [0.4, 0.5) is 11.4 Å². The molecule has 35 heavy (non-hydrogen) atoms. The Morgan fingerprint density at radius 1 is 0.857 bits per heavy atom. The summed E-state index contributed by atoms with van der Waals surface area (Å²) in [5.41, 5.74) is 1.54. The number of carbonyl (C=O) groups excluding carboxylic acids is 2. The molecule has 1 fully saturated rings. The van der Waals surface area contributed by atoms with Crippen molar-refractivity contribution in [3.8, 4) is 11.5 Å². The van der Waals surface area contributed by atoms with Crippen molar-refractivity contribution in [3.05, 3.63) is 48.5 Å². The van der Waals surface area contributed by atoms with Gasteiger partial charge in [0.1, 0.15) is 17.5 Å². The smallest absolute Gasteiger partial charge is 0.331 e. The standard InChI is InChI=1S/C28H38N2O5/c1-5-7-8-9-10-11-20-29(21-12-16-23(33-3)17-13-21)25-26(28(32)35-6-2)30(27(25)31)22-14-18-24(34-4)19-15-22/h12-19,25-26H,5-11,20H2,1-4H3. The first-order chi connectivity index (χ1) is 17.0. The van der Waals surface area contributed by atoms with Crippen LogP contribution in [0.15, 0.2) is 48.5 Å². The Bertz CT molecular complexity index is 945. The summed E-state index contributed by atoms with van der Waals surface area (Å²) in [6.07, 6.45) is 6.86. The Kier molecular flexibility index (Phi) is 9.82. The van der Waals surface area contributed by atoms with Crippen molar-refractivity contribution in [2.75, 3.05) is 37.2 Å². The number of unbranched alkanes of at least 4 members (excludes halogenated alkanes) is 5. The van der Waals surface area contributed by atoms with Crippen LogP contribution >= 0.6 is 0 Å². The Hall–Kier alpha value is -3.22. The zero-order valence-electron chi connectivity index (χ0n) is 21.4. The van der Waals surface area contributed by atoms with E-state index in [4.69, 9.17) is 14.2 Å². The van der Waals surface area contributed by atoms with Gasteiger partial charge in [0, 0.05) is 17.9 Å². The molecule has 7 nitrogen and oxygen atoms in total. The number of amides is 1. The van der Waals surface area contributed by atoms with Gasteiger partial charge in [0.15, 0.2) is 6.04 Å². The highest BCUT2D eigenvalue weighted by Gasteiger charge is 2.56. The van der Waals surface area contributed by atoms with Crippen LogP contribution in [-0.2, 0) is 14.3 Å². The molecule has 2 aromatic carbocycles. The predicted octanol–water partition coefficient (Wildman–Crippen LogP) is 5.22. The summed E-state index contributed by atoms with van der Waals surface area (Å²) < 4.78 is 16.0. The van der Waals surface area contributed by atoms with Gasteiger partial charge >= 0.3 is 5.97 Å². The number of benzene rings is 2. The number of anilines is 2. The highest BCUT2D eigenvalue weighted by atomic mass is 16.5. The van der Waals surface area contributed by atoms with Crippen LogP contribution in [0.2, 0.25) is 0 Å². The van der Waals surface area contributed by atoms with E-state index >= 15 is 0 Å². The van der Waals surface area contributed by atoms with Crippen LogP contribution in [0.3, 0.4) is 0 Å². The van der Waals surface area contributed by atoms with Crippen molar-refractivity contribution in [1.82, 2.24) is 0 Å². The predicted molar refractivity (Wildman–Crippen MR) is 138 cm³/mol. The molecule has 0 bridgehead atoms. The number of hydrogen-bond acceptors (Lipinski definition) is 6. The largest absolute Gasteiger partial charge is 0.497 e. The number of hydrogen-bond donors (Lipinski definition) is 0. The minimum atomic E-state index is -0.724. The highest BCUT2D eigenvalue weighted by molar-refractivity contribution is 6.14. The van der Waals surface area contributed by atoms with E-state index in [-0.39, 0.29) is 12.5 Å². The maximum atomic E-state index is 13.6. The molecule has 190 valence electrons. The molecular weight excluding hydrogens is 444 g/mol. The lowest BCUT2D eigenvalue weighted by molar-refractivity contribution is -0.151. The zero-order valence-corrected chi connectivity index (χ0v) is 21.4. The van der Waals surface area contributed by atoms with Gasteiger partial charge in [0.2, 0.25) is 0 Å². The monoisotopic (exact) mass is 482 g/mol. The number of rotatable bonds is 14. The molecule has 1 aliphatic heterocycles. The van der Waals surface area contributed by atoms with Gasteiger partial charge in [0.05, 0.1) is 20.8 Å². The molecule has 0 N–H and O–H groups in total. The Labute approximate surface area is 209 Å². The Balaban J connectivity index is 1.87. The molecule has 0 aromatic heterocycles. The molecule has 0 saturated carbocycles. The topological polar surface area (TPSA) is 68.3 Å². The molecule has 7 heteroatoms. The summed E-state index contributed by atoms with van der Waals surface area (Å²) in [7, 11) is 3.22. The second kappa shape index (κ2) is 13.0. The van der Waals surface area contributed by atoms with Crippen molar-refractivity contribution in [2.45, 2.75) is 64.5 Å². The highest BCUT2D eigenvalue weighted by Crippen LogP contribution is 2.36. The third-order valence-electron chi connectivity index (χ3n) is 6.44. The van der Waals surface area contributed by atoms with Crippen molar-refractivity contribution in [2.24, 2.45) is 0 Å². The molecule has 1 amide bonds. The average molecular weight is 483 g/mol. The third kappa shape index (κ3) is 6.27. The van der Waals surface area contributed by atoms with E-state index in [1.165, 1.54) is 25.7 Å². The summed E-state index contributed by atoms with van der Waals surface area (Å²) >= 11 is 0. The van der Waals surface area contributed by atoms with E-state index in [1.54, 1.807) is 50.3 Å². The van der Waals surface area contributed by atoms with Gasteiger partial charge in [-0.25, -0.2) is 4.79 Å². The molecule has 2 unspecified atom stereocenters. The summed E-state index contributed by atoms with van der Waals surface area (Å²) in [5.74, 6) is 0.924. The van der Waals surface area contributed by atoms with E-state index in [2.05, 4.69) is 11.8 Å². The van der Waals surface area contributed by atoms with Gasteiger partial charge in [-0.3, -0.25) is 9.69 Å². The van der Waals surface area contributed by atoms with E-state index < -0.39 is 18.1 Å². The molecule has 2 atom stereocenters. The number of methoxy groups -OCH3 is 2. The summed E-state index contributed by atoms with van der Waals surface area (Å²) in [5, 5.41) is 0. The Morgan fingerprint density at radius 3 is 2.00 bits per heavy atom. The maximum absolute atomic E-state index is 13.6. The first kappa shape index (κ1) is 26.4. The Morgan fingerprint density at radius 2 is 1.43 bits per heavy atom. The normalized spacial score (nSPS) is 17.0. The molecule has 0 spiro atoms. The fraction of sp³-hybridized carbons (Fsp3) is 0.500. The average Bonchev–Trinajstić information content (AvgIpc) is 2.88. The number of ether oxygens (including phenoxy) is 3. The van der Waals surface area contributed by atoms with Crippen molar-refractivity contribution in [3.63, 3.8) is 0 Å². The van der Waals surface area contributed by atoms with Gasteiger partial charge in [-0.15, -0.1) is 0 Å². The van der Waals surface area contributed by atoms with E-state index in [0.29, 0.717) is 18.0 Å². The lowest BCUT2D eigenvalue weighted by Gasteiger charge is -2.50. The fourth-order valence-electron chi connectivity index (χ4n) is 4.54. The van der Waals surface area contributed by atoms with E-state index in [0.717, 1.165) is 24.3 Å². The molecule has 0 radical (unpaired) electrons. The van der Waals surface area contributed by atoms with Gasteiger partial charge < -0.3 is 19.1 Å². The van der Waals surface area contributed by atoms with Gasteiger partial charge in [-0.1, -0.05) is 39.0 Å². The second-order valence-corrected chi connectivity index (χ2v) is 8.71. The lowest BCUT2D eigenvalue weighted by atomic mass is 9.91. The fourth-order valence-corrected chi connectivity index (χ4v) is 4.54. The molecule has 0 aliphatic carbocycles. The van der Waals surface area contributed by atoms with Crippen LogP contribution in [-0.4, -0.2) is 51.3 Å². The van der Waals surface area contributed by atoms with Crippen LogP contribution in [0.5, 0.6) is 11.5 Å². The van der Waals surface area contributed by atoms with Crippen molar-refractivity contribution >= 4 is 23.3 Å². The molecule has 2 aromatic rings. The second-order valence-electron chi connectivity index (χ2n) is 8.71. The zero-order chi connectivity index (χ0) is 25.2. The number of nitrogens with zero attached hydrogens (tertiary/aromatic N) is 2. The van der Waals surface area contributed by atoms with E-state index in [1.807, 2.05) is 24.3 Å². The molecule has 3 rings (SSSR count). The van der Waals surface area contributed by atoms with Crippen LogP contribution in [0.1, 0.15) is 52.4 Å². The van der Waals surface area contributed by atoms with Crippen LogP contribution in [0, 0.1) is 0 Å². The van der Waals surface area contributed by atoms with Gasteiger partial charge in [-0.05, 0) is 61.9 Å². The van der Waals surface area contributed by atoms with Gasteiger partial charge in [0.25, 0.3) is 5.91 Å². The molecule has 1 aliphatic rings. The van der Waals surface area contributed by atoms with Crippen molar-refractivity contribution in [1.29, 1.82) is 0 Å². The molecule has 1 heterocycles. The quantitative estimate of drug-likeness (QED) is 0.209. The number of esters is 1. The van der Waals surface area contributed by atoms with Gasteiger partial charge in [-0.2, -0.15) is 0 Å². The SMILES string of the molecule is CCCCCCCCN(c1ccc(OC)cc1)C1C(=O)N(c2ccc(OC)cc2)C1C(=O)OCC. The first-order valence-electron chi connectivity index (χ1n) is 12.6. The van der Waals surface area contributed by atoms with Crippen LogP contribution in [0.25, 0.3) is 0 Å². The van der Waals surface area contributed by atoms with Crippen LogP contribution < -0.4 is 19.3 Å². The number of β-lactam (4-membered cyclic amide) rings is 1. The maximum Gasteiger partial charge on any atom is 0.331 e. The van der Waals surface area contributed by atoms with E-state index in [9.17, 15) is 9.59 Å². The first-order valence-corrected chi connectivity index (χ1v) is 12.6. The summed E-state index contributed by atoms with van der Waals surface area (Å²) in [6.45, 7) is 4.92. The minimum absolute atomic E-state index is 0.116. The molecular formula is C28H38N2O5. The minimum Gasteiger partial charge on any atom is -0.497 e. The summed E-state index contributed by atoms with van der Waals surface area (Å²) in [4.78, 5) is 30.3. The third-order valence-corrected chi connectivity index (χ3v) is 6.44. The molecule has 1 saturated heterocycles.